The van der Waals surface area contributed by atoms with E-state index >= 15 is 0 Å². The first-order valence-electron chi connectivity index (χ1n) is 7.88. The van der Waals surface area contributed by atoms with Gasteiger partial charge < -0.3 is 14.8 Å². The second-order valence-electron chi connectivity index (χ2n) is 6.12. The Morgan fingerprint density at radius 3 is 2.72 bits per heavy atom. The lowest BCUT2D eigenvalue weighted by Gasteiger charge is -2.34. The lowest BCUT2D eigenvalue weighted by Crippen LogP contribution is -2.49. The topological polar surface area (TPSA) is 70.5 Å². The highest BCUT2D eigenvalue weighted by Gasteiger charge is 2.36. The van der Waals surface area contributed by atoms with Crippen LogP contribution in [0.15, 0.2) is 41.6 Å². The van der Waals surface area contributed by atoms with Gasteiger partial charge in [0, 0.05) is 58.9 Å². The van der Waals surface area contributed by atoms with Crippen LogP contribution in [0.1, 0.15) is 11.9 Å². The zero-order valence-corrected chi connectivity index (χ0v) is 16.2. The number of hydrogen-bond donors (Lipinski definition) is 1. The van der Waals surface area contributed by atoms with Gasteiger partial charge >= 0.3 is 0 Å². The van der Waals surface area contributed by atoms with Gasteiger partial charge in [0.1, 0.15) is 5.82 Å². The van der Waals surface area contributed by atoms with Crippen LogP contribution in [0.3, 0.4) is 0 Å². The summed E-state index contributed by atoms with van der Waals surface area (Å²) in [6.45, 7) is 1.61. The van der Waals surface area contributed by atoms with Crippen LogP contribution in [0.4, 0.5) is 5.69 Å². The molecule has 0 aliphatic carbocycles. The van der Waals surface area contributed by atoms with Crippen LogP contribution >= 0.6 is 12.4 Å². The van der Waals surface area contributed by atoms with Gasteiger partial charge in [0.15, 0.2) is 0 Å². The zero-order chi connectivity index (χ0) is 17.3. The van der Waals surface area contributed by atoms with E-state index in [4.69, 9.17) is 0 Å². The van der Waals surface area contributed by atoms with Gasteiger partial charge in [-0.25, -0.2) is 13.4 Å². The first-order chi connectivity index (χ1) is 11.4. The second-order valence-corrected chi connectivity index (χ2v) is 8.01. The van der Waals surface area contributed by atoms with Gasteiger partial charge in [-0.3, -0.25) is 0 Å². The van der Waals surface area contributed by atoms with E-state index in [0.29, 0.717) is 24.5 Å². The summed E-state index contributed by atoms with van der Waals surface area (Å²) in [5, 5.41) is 3.27. The minimum Gasteiger partial charge on any atom is -0.378 e. The van der Waals surface area contributed by atoms with Crippen molar-refractivity contribution >= 4 is 28.1 Å². The lowest BCUT2D eigenvalue weighted by atomic mass is 10.2. The molecule has 138 valence electrons. The van der Waals surface area contributed by atoms with Crippen molar-refractivity contribution in [1.82, 2.24) is 19.2 Å². The molecule has 1 atom stereocenters. The molecule has 3 rings (SSSR count). The molecule has 1 aliphatic heterocycles. The monoisotopic (exact) mass is 385 g/mol. The van der Waals surface area contributed by atoms with Crippen LogP contribution in [0.2, 0.25) is 0 Å². The van der Waals surface area contributed by atoms with Crippen molar-refractivity contribution in [2.24, 2.45) is 7.05 Å². The number of aryl methyl sites for hydroxylation is 1. The van der Waals surface area contributed by atoms with E-state index in [0.717, 1.165) is 11.5 Å². The molecule has 2 aromatic rings. The number of aromatic nitrogens is 2. The highest BCUT2D eigenvalue weighted by atomic mass is 35.5. The first-order valence-corrected chi connectivity index (χ1v) is 9.32. The minimum atomic E-state index is -3.60. The molecular weight excluding hydrogens is 362 g/mol. The molecule has 7 nitrogen and oxygen atoms in total. The summed E-state index contributed by atoms with van der Waals surface area (Å²) in [6.07, 6.45) is 3.53. The van der Waals surface area contributed by atoms with Crippen molar-refractivity contribution in [3.8, 4) is 0 Å². The SMILES string of the molecule is CN(C)c1cccc(S(=O)(=O)N2CCNCC2c2nccn2C)c1.Cl. The third-order valence-corrected chi connectivity index (χ3v) is 6.20. The van der Waals surface area contributed by atoms with Gasteiger partial charge in [-0.05, 0) is 18.2 Å². The molecular formula is C16H24ClN5O2S. The summed E-state index contributed by atoms with van der Waals surface area (Å²) in [5.74, 6) is 0.745. The largest absolute Gasteiger partial charge is 0.378 e. The number of nitrogens with one attached hydrogen (secondary N) is 1. The number of piperazine rings is 1. The van der Waals surface area contributed by atoms with Gasteiger partial charge in [0.05, 0.1) is 10.9 Å². The van der Waals surface area contributed by atoms with E-state index < -0.39 is 10.0 Å². The molecule has 1 fully saturated rings. The molecule has 1 unspecified atom stereocenters. The van der Waals surface area contributed by atoms with Crippen molar-refractivity contribution in [2.45, 2.75) is 10.9 Å². The summed E-state index contributed by atoms with van der Waals surface area (Å²) >= 11 is 0. The number of nitrogens with zero attached hydrogens (tertiary/aromatic N) is 4. The normalized spacial score (nSPS) is 18.6. The number of halogens is 1. The highest BCUT2D eigenvalue weighted by Crippen LogP contribution is 2.29. The van der Waals surface area contributed by atoms with E-state index in [-0.39, 0.29) is 18.4 Å². The summed E-state index contributed by atoms with van der Waals surface area (Å²) in [7, 11) is 2.08. The molecule has 9 heteroatoms. The van der Waals surface area contributed by atoms with Crippen LogP contribution < -0.4 is 10.2 Å². The Morgan fingerprint density at radius 1 is 1.32 bits per heavy atom. The van der Waals surface area contributed by atoms with E-state index in [9.17, 15) is 8.42 Å². The van der Waals surface area contributed by atoms with E-state index in [1.54, 1.807) is 28.7 Å². The van der Waals surface area contributed by atoms with E-state index in [1.165, 1.54) is 0 Å². The Bertz CT molecular complexity index is 821. The van der Waals surface area contributed by atoms with Gasteiger partial charge in [0.25, 0.3) is 0 Å². The van der Waals surface area contributed by atoms with E-state index in [1.807, 2.05) is 42.9 Å². The van der Waals surface area contributed by atoms with Gasteiger partial charge in [0.2, 0.25) is 10.0 Å². The molecule has 0 saturated carbocycles. The predicted octanol–water partition coefficient (Wildman–Crippen LogP) is 1.24. The molecule has 1 aliphatic rings. The van der Waals surface area contributed by atoms with Crippen molar-refractivity contribution in [3.05, 3.63) is 42.5 Å². The van der Waals surface area contributed by atoms with Gasteiger partial charge in [-0.15, -0.1) is 12.4 Å². The number of sulfonamides is 1. The molecule has 0 radical (unpaired) electrons. The number of anilines is 1. The average Bonchev–Trinajstić information content (AvgIpc) is 3.01. The summed E-state index contributed by atoms with van der Waals surface area (Å²) in [6, 6.07) is 6.73. The third-order valence-electron chi connectivity index (χ3n) is 4.29. The quantitative estimate of drug-likeness (QED) is 0.857. The molecule has 1 aromatic carbocycles. The number of benzene rings is 1. The summed E-state index contributed by atoms with van der Waals surface area (Å²) in [4.78, 5) is 6.56. The van der Waals surface area contributed by atoms with Crippen molar-refractivity contribution in [2.75, 3.05) is 38.6 Å². The minimum absolute atomic E-state index is 0. The summed E-state index contributed by atoms with van der Waals surface area (Å²) in [5.41, 5.74) is 0.861. The van der Waals surface area contributed by atoms with Crippen LogP contribution in [-0.2, 0) is 17.1 Å². The van der Waals surface area contributed by atoms with Crippen molar-refractivity contribution in [1.29, 1.82) is 0 Å². The van der Waals surface area contributed by atoms with Gasteiger partial charge in [-0.1, -0.05) is 6.07 Å². The smallest absolute Gasteiger partial charge is 0.243 e. The van der Waals surface area contributed by atoms with Crippen molar-refractivity contribution < 1.29 is 8.42 Å². The van der Waals surface area contributed by atoms with Gasteiger partial charge in [-0.2, -0.15) is 4.31 Å². The Kier molecular flexibility index (Phi) is 6.10. The highest BCUT2D eigenvalue weighted by molar-refractivity contribution is 7.89. The first kappa shape index (κ1) is 19.7. The fourth-order valence-corrected chi connectivity index (χ4v) is 4.58. The van der Waals surface area contributed by atoms with Crippen molar-refractivity contribution in [3.63, 3.8) is 0 Å². The standard InChI is InChI=1S/C16H23N5O2S.ClH/c1-19(2)13-5-4-6-14(11-13)24(22,23)21-10-7-17-12-15(21)16-18-8-9-20(16)3;/h4-6,8-9,11,15,17H,7,10,12H2,1-3H3;1H. The molecule has 2 heterocycles. The van der Waals surface area contributed by atoms with Crippen LogP contribution in [0, 0.1) is 0 Å². The maximum absolute atomic E-state index is 13.2. The number of imidazole rings is 1. The third kappa shape index (κ3) is 3.82. The Morgan fingerprint density at radius 2 is 2.08 bits per heavy atom. The van der Waals surface area contributed by atoms with Crippen LogP contribution in [0.25, 0.3) is 0 Å². The Hall–Kier alpha value is -1.61. The fraction of sp³-hybridized carbons (Fsp3) is 0.438. The van der Waals surface area contributed by atoms with Crippen LogP contribution in [0.5, 0.6) is 0 Å². The molecule has 0 bridgehead atoms. The molecule has 1 saturated heterocycles. The second kappa shape index (κ2) is 7.74. The predicted molar refractivity (Wildman–Crippen MR) is 101 cm³/mol. The Balaban J connectivity index is 0.00000225. The molecule has 1 aromatic heterocycles. The number of hydrogen-bond acceptors (Lipinski definition) is 5. The Labute approximate surface area is 155 Å². The van der Waals surface area contributed by atoms with Crippen LogP contribution in [-0.4, -0.2) is 56.0 Å². The summed E-state index contributed by atoms with van der Waals surface area (Å²) < 4.78 is 29.9. The fourth-order valence-electron chi connectivity index (χ4n) is 2.95. The molecule has 0 spiro atoms. The maximum atomic E-state index is 13.2. The zero-order valence-electron chi connectivity index (χ0n) is 14.6. The lowest BCUT2D eigenvalue weighted by molar-refractivity contribution is 0.258. The number of rotatable bonds is 4. The maximum Gasteiger partial charge on any atom is 0.243 e. The average molecular weight is 386 g/mol. The molecule has 25 heavy (non-hydrogen) atoms. The molecule has 0 amide bonds. The molecule has 1 N–H and O–H groups in total. The van der Waals surface area contributed by atoms with E-state index in [2.05, 4.69) is 10.3 Å².